The van der Waals surface area contributed by atoms with E-state index in [1.165, 1.54) is 4.90 Å². The molecule has 0 fully saturated rings. The molecule has 5 heteroatoms. The van der Waals surface area contributed by atoms with Crippen LogP contribution in [0.15, 0.2) is 54.6 Å². The fourth-order valence-corrected chi connectivity index (χ4v) is 2.36. The fraction of sp³-hybridized carbons (Fsp3) is 0.263. The molecule has 0 aliphatic rings. The molecular formula is C19H22N2O3. The predicted octanol–water partition coefficient (Wildman–Crippen LogP) is 2.41. The lowest BCUT2D eigenvalue weighted by atomic mass is 10.1. The molecule has 2 rings (SSSR count). The van der Waals surface area contributed by atoms with Gasteiger partial charge in [0.1, 0.15) is 5.75 Å². The van der Waals surface area contributed by atoms with Crippen molar-refractivity contribution in [3.8, 4) is 5.75 Å². The molecule has 0 bridgehead atoms. The first-order chi connectivity index (χ1) is 11.7. The van der Waals surface area contributed by atoms with Gasteiger partial charge in [0.25, 0.3) is 0 Å². The van der Waals surface area contributed by atoms with Gasteiger partial charge in [-0.1, -0.05) is 30.3 Å². The molecule has 2 aromatic carbocycles. The van der Waals surface area contributed by atoms with Crippen molar-refractivity contribution in [3.63, 3.8) is 0 Å². The first-order valence-electron chi connectivity index (χ1n) is 7.93. The zero-order valence-corrected chi connectivity index (χ0v) is 14.0. The second-order valence-corrected chi connectivity index (χ2v) is 5.24. The Hall–Kier alpha value is -2.82. The molecule has 0 spiro atoms. The number of benzene rings is 2. The van der Waals surface area contributed by atoms with Crippen LogP contribution in [0.1, 0.15) is 12.5 Å². The lowest BCUT2D eigenvalue weighted by molar-refractivity contribution is -0.137. The van der Waals surface area contributed by atoms with Crippen molar-refractivity contribution in [1.82, 2.24) is 5.32 Å². The van der Waals surface area contributed by atoms with E-state index in [0.717, 1.165) is 17.0 Å². The van der Waals surface area contributed by atoms with E-state index in [1.54, 1.807) is 7.11 Å². The molecule has 0 radical (unpaired) electrons. The van der Waals surface area contributed by atoms with Gasteiger partial charge in [0.15, 0.2) is 0 Å². The molecule has 1 N–H and O–H groups in total. The number of hydrogen-bond donors (Lipinski definition) is 1. The average molecular weight is 326 g/mol. The number of rotatable bonds is 6. The quantitative estimate of drug-likeness (QED) is 0.829. The van der Waals surface area contributed by atoms with Crippen LogP contribution in [0.3, 0.4) is 0 Å². The van der Waals surface area contributed by atoms with E-state index in [1.807, 2.05) is 61.5 Å². The standard InChI is InChI=1S/C19H22N2O3/c1-3-21(16-7-5-4-6-8-16)19(23)18(22)20-14-13-15-9-11-17(24-2)12-10-15/h4-12H,3,13-14H2,1-2H3,(H,20,22). The SMILES string of the molecule is CCN(C(=O)C(=O)NCCc1ccc(OC)cc1)c1ccccc1. The zero-order valence-electron chi connectivity index (χ0n) is 14.0. The normalized spacial score (nSPS) is 10.1. The van der Waals surface area contributed by atoms with Crippen LogP contribution in [0.2, 0.25) is 0 Å². The van der Waals surface area contributed by atoms with E-state index < -0.39 is 11.8 Å². The highest BCUT2D eigenvalue weighted by molar-refractivity contribution is 6.40. The number of para-hydroxylation sites is 1. The molecule has 0 heterocycles. The maximum atomic E-state index is 12.3. The van der Waals surface area contributed by atoms with Crippen molar-refractivity contribution in [2.45, 2.75) is 13.3 Å². The Kier molecular flexibility index (Phi) is 6.37. The zero-order chi connectivity index (χ0) is 17.4. The van der Waals surface area contributed by atoms with Gasteiger partial charge < -0.3 is 15.0 Å². The van der Waals surface area contributed by atoms with Crippen molar-refractivity contribution in [2.24, 2.45) is 0 Å². The van der Waals surface area contributed by atoms with Gasteiger partial charge in [-0.15, -0.1) is 0 Å². The van der Waals surface area contributed by atoms with Crippen molar-refractivity contribution in [3.05, 3.63) is 60.2 Å². The summed E-state index contributed by atoms with van der Waals surface area (Å²) >= 11 is 0. The molecule has 2 amide bonds. The Bertz CT molecular complexity index is 669. The highest BCUT2D eigenvalue weighted by Gasteiger charge is 2.21. The van der Waals surface area contributed by atoms with Crippen LogP contribution in [0, 0.1) is 0 Å². The second-order valence-electron chi connectivity index (χ2n) is 5.24. The van der Waals surface area contributed by atoms with E-state index in [0.29, 0.717) is 19.5 Å². The Balaban J connectivity index is 1.87. The van der Waals surface area contributed by atoms with Gasteiger partial charge in [0.05, 0.1) is 7.11 Å². The number of carbonyl (C=O) groups is 2. The minimum atomic E-state index is -0.589. The number of likely N-dealkylation sites (N-methyl/N-ethyl adjacent to an activating group) is 1. The van der Waals surface area contributed by atoms with Gasteiger partial charge in [0, 0.05) is 18.8 Å². The Morgan fingerprint density at radius 3 is 2.29 bits per heavy atom. The highest BCUT2D eigenvalue weighted by atomic mass is 16.5. The maximum absolute atomic E-state index is 12.3. The summed E-state index contributed by atoms with van der Waals surface area (Å²) in [4.78, 5) is 25.8. The van der Waals surface area contributed by atoms with Gasteiger partial charge in [-0.05, 0) is 43.2 Å². The Morgan fingerprint density at radius 1 is 1.04 bits per heavy atom. The van der Waals surface area contributed by atoms with Gasteiger partial charge in [0.2, 0.25) is 0 Å². The summed E-state index contributed by atoms with van der Waals surface area (Å²) in [6.07, 6.45) is 0.653. The number of nitrogens with zero attached hydrogens (tertiary/aromatic N) is 1. The lowest BCUT2D eigenvalue weighted by Crippen LogP contribution is -2.43. The smallest absolute Gasteiger partial charge is 0.316 e. The average Bonchev–Trinajstić information content (AvgIpc) is 2.63. The van der Waals surface area contributed by atoms with E-state index in [9.17, 15) is 9.59 Å². The Morgan fingerprint density at radius 2 is 1.71 bits per heavy atom. The molecule has 0 saturated carbocycles. The number of carbonyl (C=O) groups excluding carboxylic acids is 2. The van der Waals surface area contributed by atoms with E-state index >= 15 is 0 Å². The summed E-state index contributed by atoms with van der Waals surface area (Å²) in [7, 11) is 1.62. The highest BCUT2D eigenvalue weighted by Crippen LogP contribution is 2.13. The summed E-state index contributed by atoms with van der Waals surface area (Å²) in [5, 5.41) is 2.68. The summed E-state index contributed by atoms with van der Waals surface area (Å²) in [5.41, 5.74) is 1.79. The van der Waals surface area contributed by atoms with Gasteiger partial charge in [-0.3, -0.25) is 9.59 Å². The van der Waals surface area contributed by atoms with Crippen LogP contribution in [0.4, 0.5) is 5.69 Å². The molecular weight excluding hydrogens is 304 g/mol. The molecule has 126 valence electrons. The molecule has 0 unspecified atom stereocenters. The molecule has 0 saturated heterocycles. The Labute approximate surface area is 142 Å². The first kappa shape index (κ1) is 17.5. The number of hydrogen-bond acceptors (Lipinski definition) is 3. The third-order valence-electron chi connectivity index (χ3n) is 3.68. The first-order valence-corrected chi connectivity index (χ1v) is 7.93. The molecule has 0 aliphatic carbocycles. The van der Waals surface area contributed by atoms with Crippen molar-refractivity contribution >= 4 is 17.5 Å². The summed E-state index contributed by atoms with van der Waals surface area (Å²) in [6.45, 7) is 2.69. The van der Waals surface area contributed by atoms with Gasteiger partial charge in [-0.2, -0.15) is 0 Å². The number of ether oxygens (including phenoxy) is 1. The third-order valence-corrected chi connectivity index (χ3v) is 3.68. The van der Waals surface area contributed by atoms with Crippen molar-refractivity contribution in [2.75, 3.05) is 25.1 Å². The number of anilines is 1. The van der Waals surface area contributed by atoms with Crippen LogP contribution in [-0.4, -0.2) is 32.0 Å². The van der Waals surface area contributed by atoms with E-state index in [2.05, 4.69) is 5.32 Å². The largest absolute Gasteiger partial charge is 0.497 e. The monoisotopic (exact) mass is 326 g/mol. The van der Waals surface area contributed by atoms with Crippen molar-refractivity contribution < 1.29 is 14.3 Å². The predicted molar refractivity (Wildman–Crippen MR) is 94.2 cm³/mol. The van der Waals surface area contributed by atoms with Crippen LogP contribution >= 0.6 is 0 Å². The molecule has 0 atom stereocenters. The molecule has 0 aromatic heterocycles. The maximum Gasteiger partial charge on any atom is 0.316 e. The number of amides is 2. The molecule has 24 heavy (non-hydrogen) atoms. The topological polar surface area (TPSA) is 58.6 Å². The third kappa shape index (κ3) is 4.59. The minimum Gasteiger partial charge on any atom is -0.497 e. The molecule has 0 aliphatic heterocycles. The minimum absolute atomic E-state index is 0.406. The van der Waals surface area contributed by atoms with Crippen LogP contribution in [-0.2, 0) is 16.0 Å². The van der Waals surface area contributed by atoms with Gasteiger partial charge in [-0.25, -0.2) is 0 Å². The van der Waals surface area contributed by atoms with Crippen LogP contribution in [0.5, 0.6) is 5.75 Å². The summed E-state index contributed by atoms with van der Waals surface area (Å²) in [6, 6.07) is 16.8. The summed E-state index contributed by atoms with van der Waals surface area (Å²) in [5.74, 6) is -0.341. The van der Waals surface area contributed by atoms with Crippen molar-refractivity contribution in [1.29, 1.82) is 0 Å². The number of nitrogens with one attached hydrogen (secondary N) is 1. The van der Waals surface area contributed by atoms with E-state index in [4.69, 9.17) is 4.74 Å². The number of methoxy groups -OCH3 is 1. The van der Waals surface area contributed by atoms with Crippen LogP contribution < -0.4 is 15.0 Å². The van der Waals surface area contributed by atoms with Gasteiger partial charge >= 0.3 is 11.8 Å². The molecule has 5 nitrogen and oxygen atoms in total. The summed E-state index contributed by atoms with van der Waals surface area (Å²) < 4.78 is 5.10. The van der Waals surface area contributed by atoms with Crippen LogP contribution in [0.25, 0.3) is 0 Å². The second kappa shape index (κ2) is 8.72. The lowest BCUT2D eigenvalue weighted by Gasteiger charge is -2.20. The fourth-order valence-electron chi connectivity index (χ4n) is 2.36. The molecule has 2 aromatic rings. The van der Waals surface area contributed by atoms with E-state index in [-0.39, 0.29) is 0 Å².